The first-order chi connectivity index (χ1) is 13.2. The second-order valence-electron chi connectivity index (χ2n) is 7.98. The van der Waals surface area contributed by atoms with Crippen LogP contribution < -0.4 is 4.72 Å². The fourth-order valence-electron chi connectivity index (χ4n) is 3.49. The van der Waals surface area contributed by atoms with Gasteiger partial charge in [0.25, 0.3) is 10.0 Å². The summed E-state index contributed by atoms with van der Waals surface area (Å²) in [5.74, 6) is -0.160. The van der Waals surface area contributed by atoms with Gasteiger partial charge in [0.1, 0.15) is 0 Å². The Morgan fingerprint density at radius 2 is 1.36 bits per heavy atom. The lowest BCUT2D eigenvalue weighted by molar-refractivity contribution is 0.104. The first-order valence-corrected chi connectivity index (χ1v) is 10.6. The predicted molar refractivity (Wildman–Crippen MR) is 111 cm³/mol. The molecule has 28 heavy (non-hydrogen) atoms. The minimum absolute atomic E-state index is 0.0613. The number of nitrogens with one attached hydrogen (secondary N) is 1. The molecule has 0 aliphatic heterocycles. The lowest BCUT2D eigenvalue weighted by atomic mass is 9.87. The van der Waals surface area contributed by atoms with E-state index in [0.717, 1.165) is 16.7 Å². The molecule has 0 aromatic heterocycles. The third-order valence-corrected chi connectivity index (χ3v) is 6.41. The van der Waals surface area contributed by atoms with E-state index in [4.69, 9.17) is 0 Å². The molecule has 0 amide bonds. The quantitative estimate of drug-likeness (QED) is 0.535. The Balaban J connectivity index is 1.72. The van der Waals surface area contributed by atoms with Crippen molar-refractivity contribution in [2.75, 3.05) is 4.72 Å². The highest BCUT2D eigenvalue weighted by molar-refractivity contribution is 7.92. The van der Waals surface area contributed by atoms with Gasteiger partial charge in [0.2, 0.25) is 0 Å². The smallest absolute Gasteiger partial charge is 0.261 e. The van der Waals surface area contributed by atoms with Crippen molar-refractivity contribution in [3.63, 3.8) is 0 Å². The molecule has 5 heteroatoms. The summed E-state index contributed by atoms with van der Waals surface area (Å²) in [4.78, 5) is 13.0. The molecule has 4 rings (SSSR count). The van der Waals surface area contributed by atoms with Crippen LogP contribution in [0.1, 0.15) is 42.3 Å². The number of ketones is 1. The van der Waals surface area contributed by atoms with Crippen molar-refractivity contribution < 1.29 is 13.2 Å². The number of sulfonamides is 1. The molecule has 1 aliphatic rings. The van der Waals surface area contributed by atoms with E-state index in [9.17, 15) is 13.2 Å². The molecular formula is C23H21NO3S. The normalized spacial score (nSPS) is 13.2. The molecule has 1 aliphatic carbocycles. The molecule has 3 aromatic rings. The van der Waals surface area contributed by atoms with Gasteiger partial charge < -0.3 is 0 Å². The number of benzene rings is 3. The molecule has 0 saturated heterocycles. The maximum absolute atomic E-state index is 12.9. The summed E-state index contributed by atoms with van der Waals surface area (Å²) >= 11 is 0. The average Bonchev–Trinajstić information content (AvgIpc) is 2.95. The molecule has 0 spiro atoms. The van der Waals surface area contributed by atoms with Crippen molar-refractivity contribution >= 4 is 21.5 Å². The van der Waals surface area contributed by atoms with Crippen LogP contribution in [0.15, 0.2) is 71.6 Å². The van der Waals surface area contributed by atoms with E-state index in [0.29, 0.717) is 16.8 Å². The molecule has 4 nitrogen and oxygen atoms in total. The average molecular weight is 391 g/mol. The molecule has 0 unspecified atom stereocenters. The number of carbonyl (C=O) groups excluding carboxylic acids is 1. The van der Waals surface area contributed by atoms with Gasteiger partial charge in [-0.2, -0.15) is 0 Å². The van der Waals surface area contributed by atoms with Gasteiger partial charge in [0.15, 0.2) is 5.78 Å². The number of anilines is 1. The Labute approximate surface area is 165 Å². The zero-order valence-corrected chi connectivity index (χ0v) is 16.8. The van der Waals surface area contributed by atoms with E-state index in [-0.39, 0.29) is 16.1 Å². The van der Waals surface area contributed by atoms with Gasteiger partial charge in [0, 0.05) is 5.56 Å². The standard InChI is InChI=1S/C23H21NO3S/c1-23(2,3)15-11-13-16(14-12-15)28(26,27)24-20-10-6-9-18-17-7-4-5-8-19(17)22(25)21(18)20/h4-14,24H,1-3H3. The summed E-state index contributed by atoms with van der Waals surface area (Å²) in [7, 11) is -3.81. The third-order valence-electron chi connectivity index (χ3n) is 5.03. The highest BCUT2D eigenvalue weighted by Crippen LogP contribution is 2.40. The fourth-order valence-corrected chi connectivity index (χ4v) is 4.57. The zero-order chi connectivity index (χ0) is 20.1. The van der Waals surface area contributed by atoms with Crippen LogP contribution >= 0.6 is 0 Å². The van der Waals surface area contributed by atoms with Gasteiger partial charge >= 0.3 is 0 Å². The van der Waals surface area contributed by atoms with E-state index in [1.54, 1.807) is 30.3 Å². The van der Waals surface area contributed by atoms with Crippen molar-refractivity contribution in [1.82, 2.24) is 0 Å². The zero-order valence-electron chi connectivity index (χ0n) is 16.0. The second-order valence-corrected chi connectivity index (χ2v) is 9.67. The Morgan fingerprint density at radius 3 is 2.00 bits per heavy atom. The largest absolute Gasteiger partial charge is 0.288 e. The van der Waals surface area contributed by atoms with Crippen LogP contribution in [0.4, 0.5) is 5.69 Å². The molecule has 3 aromatic carbocycles. The van der Waals surface area contributed by atoms with Crippen LogP contribution in [0, 0.1) is 0 Å². The molecule has 0 bridgehead atoms. The van der Waals surface area contributed by atoms with Gasteiger partial charge in [-0.25, -0.2) is 8.42 Å². The molecule has 0 saturated carbocycles. The monoisotopic (exact) mass is 391 g/mol. The van der Waals surface area contributed by atoms with Crippen LogP contribution in [0.2, 0.25) is 0 Å². The Kier molecular flexibility index (Phi) is 4.16. The van der Waals surface area contributed by atoms with E-state index in [1.165, 1.54) is 0 Å². The number of fused-ring (bicyclic) bond motifs is 3. The number of hydrogen-bond acceptors (Lipinski definition) is 3. The topological polar surface area (TPSA) is 63.2 Å². The SMILES string of the molecule is CC(C)(C)c1ccc(S(=O)(=O)Nc2cccc3c2C(=O)c2ccccc2-3)cc1. The number of rotatable bonds is 3. The van der Waals surface area contributed by atoms with Crippen molar-refractivity contribution in [2.45, 2.75) is 31.1 Å². The van der Waals surface area contributed by atoms with Gasteiger partial charge in [-0.15, -0.1) is 0 Å². The van der Waals surface area contributed by atoms with Crippen LogP contribution in [0.5, 0.6) is 0 Å². The highest BCUT2D eigenvalue weighted by atomic mass is 32.2. The summed E-state index contributed by atoms with van der Waals surface area (Å²) in [6.45, 7) is 6.22. The Hall–Kier alpha value is -2.92. The van der Waals surface area contributed by atoms with Gasteiger partial charge in [-0.3, -0.25) is 9.52 Å². The van der Waals surface area contributed by atoms with Gasteiger partial charge in [0.05, 0.1) is 16.1 Å². The van der Waals surface area contributed by atoms with Crippen LogP contribution in [-0.2, 0) is 15.4 Å². The number of carbonyl (C=O) groups is 1. The van der Waals surface area contributed by atoms with E-state index in [2.05, 4.69) is 25.5 Å². The van der Waals surface area contributed by atoms with E-state index < -0.39 is 10.0 Å². The van der Waals surface area contributed by atoms with Crippen molar-refractivity contribution in [2.24, 2.45) is 0 Å². The van der Waals surface area contributed by atoms with E-state index in [1.807, 2.05) is 36.4 Å². The molecule has 0 heterocycles. The second kappa shape index (κ2) is 6.31. The first-order valence-electron chi connectivity index (χ1n) is 9.09. The third kappa shape index (κ3) is 3.02. The minimum Gasteiger partial charge on any atom is -0.288 e. The van der Waals surface area contributed by atoms with Crippen LogP contribution in [-0.4, -0.2) is 14.2 Å². The predicted octanol–water partition coefficient (Wildman–Crippen LogP) is 5.00. The summed E-state index contributed by atoms with van der Waals surface area (Å²) < 4.78 is 28.4. The summed E-state index contributed by atoms with van der Waals surface area (Å²) in [5, 5.41) is 0. The molecular weight excluding hydrogens is 370 g/mol. The Morgan fingerprint density at radius 1 is 0.750 bits per heavy atom. The fraction of sp³-hybridized carbons (Fsp3) is 0.174. The minimum atomic E-state index is -3.81. The number of hydrogen-bond donors (Lipinski definition) is 1. The van der Waals surface area contributed by atoms with Crippen molar-refractivity contribution in [1.29, 1.82) is 0 Å². The summed E-state index contributed by atoms with van der Waals surface area (Å²) in [5.41, 5.74) is 3.88. The summed E-state index contributed by atoms with van der Waals surface area (Å²) in [6.07, 6.45) is 0. The molecule has 1 N–H and O–H groups in total. The molecule has 0 fully saturated rings. The van der Waals surface area contributed by atoms with Crippen LogP contribution in [0.3, 0.4) is 0 Å². The lowest BCUT2D eigenvalue weighted by Crippen LogP contribution is -2.16. The maximum atomic E-state index is 12.9. The lowest BCUT2D eigenvalue weighted by Gasteiger charge is -2.19. The molecule has 0 radical (unpaired) electrons. The first kappa shape index (κ1) is 18.4. The highest BCUT2D eigenvalue weighted by Gasteiger charge is 2.30. The van der Waals surface area contributed by atoms with Crippen LogP contribution in [0.25, 0.3) is 11.1 Å². The van der Waals surface area contributed by atoms with Crippen molar-refractivity contribution in [3.8, 4) is 11.1 Å². The molecule has 142 valence electrons. The summed E-state index contributed by atoms with van der Waals surface area (Å²) in [6, 6.07) is 19.4. The Bertz CT molecular complexity index is 1190. The van der Waals surface area contributed by atoms with E-state index >= 15 is 0 Å². The van der Waals surface area contributed by atoms with Crippen molar-refractivity contribution in [3.05, 3.63) is 83.4 Å². The van der Waals surface area contributed by atoms with Gasteiger partial charge in [-0.1, -0.05) is 69.3 Å². The molecule has 0 atom stereocenters. The maximum Gasteiger partial charge on any atom is 0.261 e. The van der Waals surface area contributed by atoms with Gasteiger partial charge in [-0.05, 0) is 40.3 Å².